The number of hydrogen-bond acceptors (Lipinski definition) is 6. The molecule has 7 nitrogen and oxygen atoms in total. The summed E-state index contributed by atoms with van der Waals surface area (Å²) in [6.07, 6.45) is 1.26. The number of aromatic nitrogens is 2. The molecule has 9 heteroatoms. The van der Waals surface area contributed by atoms with Gasteiger partial charge in [0.05, 0.1) is 17.3 Å². The second kappa shape index (κ2) is 6.49. The first-order valence-corrected chi connectivity index (χ1v) is 7.31. The summed E-state index contributed by atoms with van der Waals surface area (Å²) in [5.41, 5.74) is 0.947. The molecule has 1 unspecified atom stereocenters. The molecule has 2 aromatic heterocycles. The molecule has 2 N–H and O–H groups in total. The van der Waals surface area contributed by atoms with Gasteiger partial charge in [-0.25, -0.2) is 18.1 Å². The van der Waals surface area contributed by atoms with Gasteiger partial charge in [-0.1, -0.05) is 5.16 Å². The minimum absolute atomic E-state index is 0. The van der Waals surface area contributed by atoms with Crippen molar-refractivity contribution in [1.82, 2.24) is 20.2 Å². The fourth-order valence-corrected chi connectivity index (χ4v) is 2.59. The van der Waals surface area contributed by atoms with Gasteiger partial charge in [-0.05, 0) is 27.0 Å². The Balaban J connectivity index is 0.00000200. The van der Waals surface area contributed by atoms with Crippen LogP contribution in [-0.2, 0) is 10.0 Å². The number of pyridine rings is 1. The predicted molar refractivity (Wildman–Crippen MR) is 77.5 cm³/mol. The number of halogens is 1. The summed E-state index contributed by atoms with van der Waals surface area (Å²) in [5.74, 6) is 0. The molecule has 0 aliphatic carbocycles. The average Bonchev–Trinajstić information content (AvgIpc) is 2.77. The highest BCUT2D eigenvalue weighted by atomic mass is 35.5. The number of likely N-dealkylation sites (N-methyl/N-ethyl adjacent to an activating group) is 1. The number of nitrogens with one attached hydrogen (secondary N) is 2. The molecule has 0 saturated carbocycles. The third-order valence-corrected chi connectivity index (χ3v) is 4.26. The maximum atomic E-state index is 12.1. The van der Waals surface area contributed by atoms with Crippen LogP contribution in [0.4, 0.5) is 0 Å². The summed E-state index contributed by atoms with van der Waals surface area (Å²) >= 11 is 0. The fraction of sp³-hybridized carbons (Fsp3) is 0.455. The van der Waals surface area contributed by atoms with E-state index in [1.165, 1.54) is 12.3 Å². The molecule has 0 bridgehead atoms. The normalized spacial score (nSPS) is 13.2. The van der Waals surface area contributed by atoms with Crippen molar-refractivity contribution in [3.8, 4) is 0 Å². The molecule has 0 aromatic carbocycles. The van der Waals surface area contributed by atoms with Gasteiger partial charge in [0.2, 0.25) is 10.0 Å². The van der Waals surface area contributed by atoms with Crippen LogP contribution in [0.15, 0.2) is 21.7 Å². The second-order valence-electron chi connectivity index (χ2n) is 4.33. The lowest BCUT2D eigenvalue weighted by Crippen LogP contribution is -2.37. The molecule has 0 radical (unpaired) electrons. The van der Waals surface area contributed by atoms with Gasteiger partial charge in [-0.2, -0.15) is 0 Å². The molecule has 0 aliphatic rings. The summed E-state index contributed by atoms with van der Waals surface area (Å²) < 4.78 is 31.7. The van der Waals surface area contributed by atoms with Gasteiger partial charge < -0.3 is 9.84 Å². The standard InChI is InChI=1S/C11H16N4O3S.ClH/c1-7(12-3)5-14-19(16,17)9-4-10-8(2)15-18-11(10)13-6-9;/h4,6-7,12,14H,5H2,1-3H3;1H. The first-order chi connectivity index (χ1) is 8.94. The van der Waals surface area contributed by atoms with Crippen LogP contribution in [0.3, 0.4) is 0 Å². The third-order valence-electron chi connectivity index (χ3n) is 2.87. The lowest BCUT2D eigenvalue weighted by atomic mass is 10.3. The number of aryl methyl sites for hydroxylation is 1. The Morgan fingerprint density at radius 1 is 1.45 bits per heavy atom. The first kappa shape index (κ1) is 16.8. The SMILES string of the molecule is CNC(C)CNS(=O)(=O)c1cnc2onc(C)c2c1.Cl. The first-order valence-electron chi connectivity index (χ1n) is 5.83. The molecule has 1 atom stereocenters. The van der Waals surface area contributed by atoms with Crippen LogP contribution in [0.5, 0.6) is 0 Å². The lowest BCUT2D eigenvalue weighted by molar-refractivity contribution is 0.442. The molecular weight excluding hydrogens is 304 g/mol. The number of rotatable bonds is 5. The zero-order valence-corrected chi connectivity index (χ0v) is 13.0. The van der Waals surface area contributed by atoms with E-state index < -0.39 is 10.0 Å². The molecule has 2 aromatic rings. The van der Waals surface area contributed by atoms with Gasteiger partial charge in [0, 0.05) is 12.6 Å². The van der Waals surface area contributed by atoms with Crippen LogP contribution < -0.4 is 10.0 Å². The third kappa shape index (κ3) is 3.45. The van der Waals surface area contributed by atoms with Gasteiger partial charge in [0.15, 0.2) is 0 Å². The predicted octanol–water partition coefficient (Wildman–Crippen LogP) is 0.839. The molecular formula is C11H17ClN4O3S. The minimum Gasteiger partial charge on any atom is -0.336 e. The molecule has 0 saturated heterocycles. The Kier molecular flexibility index (Phi) is 5.46. The summed E-state index contributed by atoms with van der Waals surface area (Å²) in [6, 6.07) is 1.56. The van der Waals surface area contributed by atoms with E-state index in [0.29, 0.717) is 23.3 Å². The monoisotopic (exact) mass is 320 g/mol. The Bertz CT molecular complexity index is 686. The highest BCUT2D eigenvalue weighted by molar-refractivity contribution is 7.89. The number of nitrogens with zero attached hydrogens (tertiary/aromatic N) is 2. The Morgan fingerprint density at radius 3 is 2.80 bits per heavy atom. The molecule has 2 heterocycles. The molecule has 0 fully saturated rings. The van der Waals surface area contributed by atoms with E-state index in [9.17, 15) is 8.42 Å². The molecule has 0 aliphatic heterocycles. The smallest absolute Gasteiger partial charge is 0.257 e. The van der Waals surface area contributed by atoms with Crippen LogP contribution in [0, 0.1) is 6.92 Å². The largest absolute Gasteiger partial charge is 0.336 e. The van der Waals surface area contributed by atoms with Crippen LogP contribution >= 0.6 is 12.4 Å². The number of fused-ring (bicyclic) bond motifs is 1. The van der Waals surface area contributed by atoms with Crippen molar-refractivity contribution in [3.05, 3.63) is 18.0 Å². The Hall–Kier alpha value is -1.22. The van der Waals surface area contributed by atoms with Crippen LogP contribution in [-0.4, -0.2) is 38.2 Å². The summed E-state index contributed by atoms with van der Waals surface area (Å²) in [4.78, 5) is 4.06. The van der Waals surface area contributed by atoms with Crippen molar-refractivity contribution in [2.75, 3.05) is 13.6 Å². The molecule has 0 amide bonds. The van der Waals surface area contributed by atoms with Crippen LogP contribution in [0.25, 0.3) is 11.1 Å². The van der Waals surface area contributed by atoms with E-state index in [2.05, 4.69) is 20.2 Å². The van der Waals surface area contributed by atoms with E-state index >= 15 is 0 Å². The molecule has 0 spiro atoms. The van der Waals surface area contributed by atoms with Crippen LogP contribution in [0.1, 0.15) is 12.6 Å². The van der Waals surface area contributed by atoms with Crippen molar-refractivity contribution in [2.45, 2.75) is 24.8 Å². The van der Waals surface area contributed by atoms with Gasteiger partial charge in [-0.3, -0.25) is 0 Å². The van der Waals surface area contributed by atoms with E-state index in [1.54, 1.807) is 14.0 Å². The van der Waals surface area contributed by atoms with E-state index in [-0.39, 0.29) is 23.3 Å². The minimum atomic E-state index is -3.57. The van der Waals surface area contributed by atoms with Gasteiger partial charge >= 0.3 is 0 Å². The zero-order valence-electron chi connectivity index (χ0n) is 11.4. The van der Waals surface area contributed by atoms with Crippen molar-refractivity contribution in [2.24, 2.45) is 0 Å². The van der Waals surface area contributed by atoms with Gasteiger partial charge in [0.25, 0.3) is 5.71 Å². The van der Waals surface area contributed by atoms with Crippen molar-refractivity contribution >= 4 is 33.5 Å². The lowest BCUT2D eigenvalue weighted by Gasteiger charge is -2.11. The second-order valence-corrected chi connectivity index (χ2v) is 6.10. The Labute approximate surface area is 123 Å². The van der Waals surface area contributed by atoms with Crippen molar-refractivity contribution in [1.29, 1.82) is 0 Å². The zero-order chi connectivity index (χ0) is 14.0. The highest BCUT2D eigenvalue weighted by Gasteiger charge is 2.17. The molecule has 20 heavy (non-hydrogen) atoms. The van der Waals surface area contributed by atoms with E-state index in [4.69, 9.17) is 4.52 Å². The maximum absolute atomic E-state index is 12.1. The van der Waals surface area contributed by atoms with Gasteiger partial charge in [-0.15, -0.1) is 12.4 Å². The molecule has 2 rings (SSSR count). The van der Waals surface area contributed by atoms with E-state index in [0.717, 1.165) is 0 Å². The summed E-state index contributed by atoms with van der Waals surface area (Å²) in [6.45, 7) is 3.92. The summed E-state index contributed by atoms with van der Waals surface area (Å²) in [7, 11) is -1.80. The van der Waals surface area contributed by atoms with Crippen molar-refractivity contribution in [3.63, 3.8) is 0 Å². The quantitative estimate of drug-likeness (QED) is 0.847. The van der Waals surface area contributed by atoms with E-state index in [1.807, 2.05) is 6.92 Å². The summed E-state index contributed by atoms with van der Waals surface area (Å²) in [5, 5.41) is 7.30. The fourth-order valence-electron chi connectivity index (χ4n) is 1.49. The van der Waals surface area contributed by atoms with Gasteiger partial charge in [0.1, 0.15) is 4.90 Å². The number of hydrogen-bond donors (Lipinski definition) is 2. The topological polar surface area (TPSA) is 97.1 Å². The number of sulfonamides is 1. The Morgan fingerprint density at radius 2 is 2.15 bits per heavy atom. The van der Waals surface area contributed by atoms with Crippen molar-refractivity contribution < 1.29 is 12.9 Å². The average molecular weight is 321 g/mol. The van der Waals surface area contributed by atoms with Crippen LogP contribution in [0.2, 0.25) is 0 Å². The maximum Gasteiger partial charge on any atom is 0.257 e. The highest BCUT2D eigenvalue weighted by Crippen LogP contribution is 2.19. The molecule has 112 valence electrons.